The lowest BCUT2D eigenvalue weighted by atomic mass is 10.3. The fourth-order valence-electron chi connectivity index (χ4n) is 2.76. The van der Waals surface area contributed by atoms with E-state index in [1.54, 1.807) is 38.1 Å². The van der Waals surface area contributed by atoms with E-state index in [0.29, 0.717) is 11.4 Å². The summed E-state index contributed by atoms with van der Waals surface area (Å²) in [5, 5.41) is 15.1. The van der Waals surface area contributed by atoms with Gasteiger partial charge in [0.05, 0.1) is 27.7 Å². The first-order chi connectivity index (χ1) is 12.7. The molecule has 27 heavy (non-hydrogen) atoms. The monoisotopic (exact) mass is 390 g/mol. The van der Waals surface area contributed by atoms with Gasteiger partial charge in [0.1, 0.15) is 4.90 Å². The van der Waals surface area contributed by atoms with E-state index in [0.717, 1.165) is 18.2 Å². The van der Waals surface area contributed by atoms with Crippen LogP contribution in [0.1, 0.15) is 11.4 Å². The molecule has 0 saturated heterocycles. The highest BCUT2D eigenvalue weighted by molar-refractivity contribution is 7.92. The van der Waals surface area contributed by atoms with E-state index in [1.165, 1.54) is 4.68 Å². The van der Waals surface area contributed by atoms with Gasteiger partial charge in [-0.3, -0.25) is 14.8 Å². The highest BCUT2D eigenvalue weighted by Gasteiger charge is 2.26. The number of aromatic nitrogens is 2. The van der Waals surface area contributed by atoms with E-state index in [4.69, 9.17) is 0 Å². The molecule has 1 N–H and O–H groups in total. The highest BCUT2D eigenvalue weighted by atomic mass is 32.2. The average Bonchev–Trinajstić information content (AvgIpc) is 2.92. The maximum Gasteiger partial charge on any atom is 0.306 e. The van der Waals surface area contributed by atoms with Crippen molar-refractivity contribution in [2.75, 3.05) is 4.72 Å². The van der Waals surface area contributed by atoms with Crippen LogP contribution in [0.2, 0.25) is 0 Å². The zero-order chi connectivity index (χ0) is 19.8. The van der Waals surface area contributed by atoms with Crippen LogP contribution >= 0.6 is 0 Å². The van der Waals surface area contributed by atoms with E-state index < -0.39 is 26.5 Å². The van der Waals surface area contributed by atoms with Crippen molar-refractivity contribution in [3.8, 4) is 5.69 Å². The van der Waals surface area contributed by atoms with Crippen molar-refractivity contribution >= 4 is 21.4 Å². The molecule has 10 heteroatoms. The third kappa shape index (κ3) is 3.51. The van der Waals surface area contributed by atoms with Gasteiger partial charge < -0.3 is 0 Å². The summed E-state index contributed by atoms with van der Waals surface area (Å²) in [6, 6.07) is 11.8. The van der Waals surface area contributed by atoms with Crippen LogP contribution in [-0.2, 0) is 10.0 Å². The van der Waals surface area contributed by atoms with Crippen molar-refractivity contribution in [3.63, 3.8) is 0 Å². The minimum absolute atomic E-state index is 0.0432. The molecule has 0 aliphatic carbocycles. The minimum Gasteiger partial charge on any atom is -0.279 e. The van der Waals surface area contributed by atoms with E-state index in [2.05, 4.69) is 9.82 Å². The van der Waals surface area contributed by atoms with E-state index in [9.17, 15) is 22.9 Å². The first-order valence-electron chi connectivity index (χ1n) is 7.79. The lowest BCUT2D eigenvalue weighted by molar-refractivity contribution is -0.387. The third-order valence-electron chi connectivity index (χ3n) is 3.89. The molecule has 0 amide bonds. The summed E-state index contributed by atoms with van der Waals surface area (Å²) in [6.45, 7) is 3.16. The fourth-order valence-corrected chi connectivity index (χ4v) is 4.20. The second kappa shape index (κ2) is 6.80. The zero-order valence-electron chi connectivity index (χ0n) is 14.4. The van der Waals surface area contributed by atoms with Gasteiger partial charge in [0, 0.05) is 6.07 Å². The molecule has 0 bridgehead atoms. The van der Waals surface area contributed by atoms with Gasteiger partial charge in [0.2, 0.25) is 5.82 Å². The van der Waals surface area contributed by atoms with Crippen molar-refractivity contribution in [2.24, 2.45) is 0 Å². The first-order valence-corrected chi connectivity index (χ1v) is 9.27. The number of sulfonamides is 1. The van der Waals surface area contributed by atoms with Crippen LogP contribution in [0.15, 0.2) is 53.4 Å². The van der Waals surface area contributed by atoms with Gasteiger partial charge in [0.25, 0.3) is 10.0 Å². The van der Waals surface area contributed by atoms with Crippen LogP contribution in [0.3, 0.4) is 0 Å². The van der Waals surface area contributed by atoms with Crippen molar-refractivity contribution in [1.82, 2.24) is 9.78 Å². The first kappa shape index (κ1) is 18.5. The standard InChI is InChI=1S/C17H15FN4O4S/c1-11-17(12(2)21(19-11)14-6-4-3-5-7-14)27(25,26)20-13-8-9-15(18)16(10-13)22(23)24/h3-10,20H,1-2H3. The number of halogens is 1. The summed E-state index contributed by atoms with van der Waals surface area (Å²) in [6.07, 6.45) is 0. The second-order valence-corrected chi connectivity index (χ2v) is 7.40. The van der Waals surface area contributed by atoms with Gasteiger partial charge in [-0.15, -0.1) is 0 Å². The number of hydrogen-bond acceptors (Lipinski definition) is 5. The maximum absolute atomic E-state index is 13.5. The Morgan fingerprint density at radius 1 is 1.15 bits per heavy atom. The summed E-state index contributed by atoms with van der Waals surface area (Å²) in [7, 11) is -4.10. The second-order valence-electron chi connectivity index (χ2n) is 5.78. The minimum atomic E-state index is -4.10. The number of anilines is 1. The van der Waals surface area contributed by atoms with Gasteiger partial charge in [-0.1, -0.05) is 18.2 Å². The van der Waals surface area contributed by atoms with Crippen LogP contribution in [0.4, 0.5) is 15.8 Å². The zero-order valence-corrected chi connectivity index (χ0v) is 15.2. The Morgan fingerprint density at radius 2 is 1.81 bits per heavy atom. The predicted molar refractivity (Wildman–Crippen MR) is 96.9 cm³/mol. The summed E-state index contributed by atoms with van der Waals surface area (Å²) < 4.78 is 42.9. The third-order valence-corrected chi connectivity index (χ3v) is 5.52. The Balaban J connectivity index is 2.03. The number of rotatable bonds is 5. The number of nitro groups is 1. The quantitative estimate of drug-likeness (QED) is 0.531. The Hall–Kier alpha value is -3.27. The lowest BCUT2D eigenvalue weighted by Crippen LogP contribution is -2.15. The number of nitrogens with zero attached hydrogens (tertiary/aromatic N) is 3. The molecule has 0 fully saturated rings. The van der Waals surface area contributed by atoms with Gasteiger partial charge in [0.15, 0.2) is 0 Å². The number of benzene rings is 2. The maximum atomic E-state index is 13.5. The molecule has 0 radical (unpaired) electrons. The van der Waals surface area contributed by atoms with Crippen molar-refractivity contribution < 1.29 is 17.7 Å². The Morgan fingerprint density at radius 3 is 2.44 bits per heavy atom. The molecule has 1 aromatic heterocycles. The number of aryl methyl sites for hydroxylation is 1. The van der Waals surface area contributed by atoms with Crippen LogP contribution in [0.5, 0.6) is 0 Å². The number of nitro benzene ring substituents is 1. The number of nitrogens with one attached hydrogen (secondary N) is 1. The van der Waals surface area contributed by atoms with Crippen LogP contribution < -0.4 is 4.72 Å². The number of para-hydroxylation sites is 1. The van der Waals surface area contributed by atoms with Crippen LogP contribution in [0, 0.1) is 29.8 Å². The molecular weight excluding hydrogens is 375 g/mol. The fraction of sp³-hybridized carbons (Fsp3) is 0.118. The SMILES string of the molecule is Cc1nn(-c2ccccc2)c(C)c1S(=O)(=O)Nc1ccc(F)c([N+](=O)[O-])c1. The van der Waals surface area contributed by atoms with Gasteiger partial charge in [-0.25, -0.2) is 13.1 Å². The van der Waals surface area contributed by atoms with E-state index in [-0.39, 0.29) is 16.3 Å². The number of hydrogen-bond donors (Lipinski definition) is 1. The van der Waals surface area contributed by atoms with Crippen molar-refractivity contribution in [2.45, 2.75) is 18.7 Å². The predicted octanol–water partition coefficient (Wildman–Crippen LogP) is 3.34. The van der Waals surface area contributed by atoms with Crippen LogP contribution in [0.25, 0.3) is 5.69 Å². The van der Waals surface area contributed by atoms with Crippen molar-refractivity contribution in [3.05, 3.63) is 75.9 Å². The van der Waals surface area contributed by atoms with E-state index in [1.807, 2.05) is 6.07 Å². The molecule has 0 unspecified atom stereocenters. The molecule has 8 nitrogen and oxygen atoms in total. The summed E-state index contributed by atoms with van der Waals surface area (Å²) in [5.74, 6) is -1.05. The van der Waals surface area contributed by atoms with Crippen LogP contribution in [-0.4, -0.2) is 23.1 Å². The highest BCUT2D eigenvalue weighted by Crippen LogP contribution is 2.27. The largest absolute Gasteiger partial charge is 0.306 e. The lowest BCUT2D eigenvalue weighted by Gasteiger charge is -2.09. The summed E-state index contributed by atoms with van der Waals surface area (Å²) in [4.78, 5) is 9.89. The van der Waals surface area contributed by atoms with Crippen molar-refractivity contribution in [1.29, 1.82) is 0 Å². The van der Waals surface area contributed by atoms with Gasteiger partial charge in [-0.2, -0.15) is 9.49 Å². The molecule has 0 atom stereocenters. The molecule has 0 spiro atoms. The molecule has 3 aromatic rings. The molecule has 1 heterocycles. The molecule has 2 aromatic carbocycles. The Labute approximate surface area is 154 Å². The molecular formula is C17H15FN4O4S. The molecule has 0 saturated carbocycles. The summed E-state index contributed by atoms with van der Waals surface area (Å²) >= 11 is 0. The molecule has 0 aliphatic heterocycles. The average molecular weight is 390 g/mol. The van der Waals surface area contributed by atoms with Gasteiger partial charge in [-0.05, 0) is 38.1 Å². The molecule has 3 rings (SSSR count). The topological polar surface area (TPSA) is 107 Å². The molecule has 140 valence electrons. The Kier molecular flexibility index (Phi) is 4.66. The molecule has 0 aliphatic rings. The summed E-state index contributed by atoms with van der Waals surface area (Å²) in [5.41, 5.74) is 0.401. The normalized spacial score (nSPS) is 11.4. The van der Waals surface area contributed by atoms with E-state index >= 15 is 0 Å². The van der Waals surface area contributed by atoms with Gasteiger partial charge >= 0.3 is 5.69 Å². The Bertz CT molecular complexity index is 1130. The smallest absolute Gasteiger partial charge is 0.279 e.